The summed E-state index contributed by atoms with van der Waals surface area (Å²) in [6.45, 7) is 2.90. The van der Waals surface area contributed by atoms with E-state index in [1.165, 1.54) is 17.7 Å². The van der Waals surface area contributed by atoms with Crippen molar-refractivity contribution < 1.29 is 0 Å². The van der Waals surface area contributed by atoms with E-state index in [1.807, 2.05) is 12.3 Å². The summed E-state index contributed by atoms with van der Waals surface area (Å²) < 4.78 is 2.21. The summed E-state index contributed by atoms with van der Waals surface area (Å²) in [6, 6.07) is 6.14. The molecule has 7 heteroatoms. The summed E-state index contributed by atoms with van der Waals surface area (Å²) in [5.74, 6) is 2.71. The lowest BCUT2D eigenvalue weighted by atomic mass is 9.94. The molecule has 2 aliphatic rings. The number of piperidine rings is 1. The fourth-order valence-electron chi connectivity index (χ4n) is 4.26. The first-order chi connectivity index (χ1) is 12.8. The van der Waals surface area contributed by atoms with Gasteiger partial charge in [0, 0.05) is 49.2 Å². The smallest absolute Gasteiger partial charge is 0.223 e. The Balaban J connectivity index is 1.49. The van der Waals surface area contributed by atoms with Gasteiger partial charge in [-0.1, -0.05) is 6.07 Å². The van der Waals surface area contributed by atoms with Crippen LogP contribution in [0, 0.1) is 0 Å². The minimum absolute atomic E-state index is 0.352. The van der Waals surface area contributed by atoms with Gasteiger partial charge in [-0.3, -0.25) is 0 Å². The molecule has 3 aromatic heterocycles. The third kappa shape index (κ3) is 2.55. The quantitative estimate of drug-likeness (QED) is 0.739. The minimum Gasteiger partial charge on any atom is -0.370 e. The molecule has 0 bridgehead atoms. The fraction of sp³-hybridized carbons (Fsp3) is 0.421. The number of hydrogen-bond acceptors (Lipinski definition) is 6. The standard InChI is InChI=1S/C19H23N7/c20-19-23-17-14(6-3-8-21-17)18(24-19)25-9-4-5-13(12-25)15-11-22-16-7-1-2-10-26(15)16/h1-2,7,10-11,13H,3-6,8-9,12H2,(H3,20,21,23,24). The lowest BCUT2D eigenvalue weighted by Gasteiger charge is -2.35. The third-order valence-electron chi connectivity index (χ3n) is 5.48. The Kier molecular flexibility index (Phi) is 3.65. The van der Waals surface area contributed by atoms with Crippen LogP contribution in [-0.2, 0) is 6.42 Å². The van der Waals surface area contributed by atoms with E-state index in [0.717, 1.165) is 56.2 Å². The number of imidazole rings is 1. The fourth-order valence-corrected chi connectivity index (χ4v) is 4.26. The van der Waals surface area contributed by atoms with Crippen LogP contribution in [0.5, 0.6) is 0 Å². The Morgan fingerprint density at radius 2 is 2.15 bits per heavy atom. The number of fused-ring (bicyclic) bond motifs is 2. The first-order valence-electron chi connectivity index (χ1n) is 9.37. The van der Waals surface area contributed by atoms with Gasteiger partial charge in [0.15, 0.2) is 0 Å². The van der Waals surface area contributed by atoms with Crippen LogP contribution in [0.4, 0.5) is 17.6 Å². The zero-order valence-electron chi connectivity index (χ0n) is 14.7. The predicted octanol–water partition coefficient (Wildman–Crippen LogP) is 2.45. The van der Waals surface area contributed by atoms with E-state index < -0.39 is 0 Å². The molecule has 5 heterocycles. The number of rotatable bonds is 2. The molecular formula is C19H23N7. The number of nitrogens with one attached hydrogen (secondary N) is 1. The Morgan fingerprint density at radius 1 is 1.19 bits per heavy atom. The van der Waals surface area contributed by atoms with Crippen molar-refractivity contribution in [3.05, 3.63) is 41.9 Å². The molecular weight excluding hydrogens is 326 g/mol. The molecule has 3 aromatic rings. The van der Waals surface area contributed by atoms with E-state index in [9.17, 15) is 0 Å². The highest BCUT2D eigenvalue weighted by atomic mass is 15.2. The molecule has 1 atom stereocenters. The van der Waals surface area contributed by atoms with Gasteiger partial charge in [0.25, 0.3) is 0 Å². The van der Waals surface area contributed by atoms with Gasteiger partial charge < -0.3 is 20.4 Å². The zero-order chi connectivity index (χ0) is 17.5. The number of pyridine rings is 1. The summed E-state index contributed by atoms with van der Waals surface area (Å²) in [5, 5.41) is 3.37. The molecule has 0 spiro atoms. The average Bonchev–Trinajstić information content (AvgIpc) is 3.11. The minimum atomic E-state index is 0.352. The number of hydrogen-bond donors (Lipinski definition) is 2. The normalized spacial score (nSPS) is 20.0. The van der Waals surface area contributed by atoms with E-state index in [1.54, 1.807) is 0 Å². The first kappa shape index (κ1) is 15.4. The van der Waals surface area contributed by atoms with E-state index in [-0.39, 0.29) is 0 Å². The maximum atomic E-state index is 5.99. The molecule has 5 rings (SSSR count). The third-order valence-corrected chi connectivity index (χ3v) is 5.48. The number of aromatic nitrogens is 4. The lowest BCUT2D eigenvalue weighted by Crippen LogP contribution is -2.36. The van der Waals surface area contributed by atoms with Gasteiger partial charge in [-0.15, -0.1) is 0 Å². The second-order valence-corrected chi connectivity index (χ2v) is 7.16. The predicted molar refractivity (Wildman–Crippen MR) is 103 cm³/mol. The summed E-state index contributed by atoms with van der Waals surface area (Å²) in [4.78, 5) is 16.0. The van der Waals surface area contributed by atoms with Gasteiger partial charge in [0.1, 0.15) is 17.3 Å². The maximum Gasteiger partial charge on any atom is 0.223 e. The molecule has 2 aliphatic heterocycles. The Hall–Kier alpha value is -2.83. The van der Waals surface area contributed by atoms with Crippen molar-refractivity contribution in [2.24, 2.45) is 0 Å². The van der Waals surface area contributed by atoms with Crippen LogP contribution in [-0.4, -0.2) is 39.0 Å². The Morgan fingerprint density at radius 3 is 3.12 bits per heavy atom. The number of nitrogens with zero attached hydrogens (tertiary/aromatic N) is 5. The molecule has 0 amide bonds. The zero-order valence-corrected chi connectivity index (χ0v) is 14.7. The molecule has 134 valence electrons. The van der Waals surface area contributed by atoms with Gasteiger partial charge in [-0.2, -0.15) is 9.97 Å². The van der Waals surface area contributed by atoms with Crippen molar-refractivity contribution >= 4 is 23.2 Å². The van der Waals surface area contributed by atoms with Gasteiger partial charge >= 0.3 is 0 Å². The van der Waals surface area contributed by atoms with Crippen LogP contribution in [0.2, 0.25) is 0 Å². The van der Waals surface area contributed by atoms with Crippen LogP contribution in [0.25, 0.3) is 5.65 Å². The highest BCUT2D eigenvalue weighted by Crippen LogP contribution is 2.34. The molecule has 7 nitrogen and oxygen atoms in total. The lowest BCUT2D eigenvalue weighted by molar-refractivity contribution is 0.495. The number of anilines is 3. The average molecular weight is 349 g/mol. The summed E-state index contributed by atoms with van der Waals surface area (Å²) in [7, 11) is 0. The first-order valence-corrected chi connectivity index (χ1v) is 9.37. The van der Waals surface area contributed by atoms with Gasteiger partial charge in [0.05, 0.1) is 0 Å². The molecule has 1 fully saturated rings. The second kappa shape index (κ2) is 6.16. The molecule has 0 aliphatic carbocycles. The van der Waals surface area contributed by atoms with E-state index in [0.29, 0.717) is 11.9 Å². The molecule has 0 aromatic carbocycles. The largest absolute Gasteiger partial charge is 0.370 e. The number of nitrogens with two attached hydrogens (primary N) is 1. The van der Waals surface area contributed by atoms with Crippen molar-refractivity contribution in [3.63, 3.8) is 0 Å². The van der Waals surface area contributed by atoms with Crippen molar-refractivity contribution in [1.82, 2.24) is 19.4 Å². The molecule has 26 heavy (non-hydrogen) atoms. The molecule has 1 saturated heterocycles. The van der Waals surface area contributed by atoms with Gasteiger partial charge in [-0.25, -0.2) is 4.98 Å². The van der Waals surface area contributed by atoms with E-state index >= 15 is 0 Å². The highest BCUT2D eigenvalue weighted by Gasteiger charge is 2.28. The molecule has 0 radical (unpaired) electrons. The van der Waals surface area contributed by atoms with Crippen molar-refractivity contribution in [2.75, 3.05) is 35.6 Å². The monoisotopic (exact) mass is 349 g/mol. The summed E-state index contributed by atoms with van der Waals surface area (Å²) in [6.07, 6.45) is 8.55. The van der Waals surface area contributed by atoms with Crippen molar-refractivity contribution in [1.29, 1.82) is 0 Å². The molecule has 0 saturated carbocycles. The highest BCUT2D eigenvalue weighted by molar-refractivity contribution is 5.63. The van der Waals surface area contributed by atoms with E-state index in [4.69, 9.17) is 5.73 Å². The second-order valence-electron chi connectivity index (χ2n) is 7.16. The van der Waals surface area contributed by atoms with Gasteiger partial charge in [-0.05, 0) is 37.8 Å². The van der Waals surface area contributed by atoms with Crippen LogP contribution in [0.15, 0.2) is 30.6 Å². The Labute approximate surface area is 152 Å². The Bertz CT molecular complexity index is 948. The van der Waals surface area contributed by atoms with Crippen LogP contribution in [0.3, 0.4) is 0 Å². The molecule has 1 unspecified atom stereocenters. The van der Waals surface area contributed by atoms with Crippen molar-refractivity contribution in [2.45, 2.75) is 31.6 Å². The number of nitrogen functional groups attached to an aromatic ring is 1. The van der Waals surface area contributed by atoms with Crippen LogP contribution >= 0.6 is 0 Å². The summed E-state index contributed by atoms with van der Waals surface area (Å²) in [5.41, 5.74) is 9.49. The summed E-state index contributed by atoms with van der Waals surface area (Å²) >= 11 is 0. The van der Waals surface area contributed by atoms with Gasteiger partial charge in [0.2, 0.25) is 5.95 Å². The topological polar surface area (TPSA) is 84.4 Å². The SMILES string of the molecule is Nc1nc2c(c(N3CCCC(c4cnc5ccccn45)C3)n1)CCCN2. The van der Waals surface area contributed by atoms with Crippen LogP contribution in [0.1, 0.15) is 36.4 Å². The van der Waals surface area contributed by atoms with Crippen molar-refractivity contribution in [3.8, 4) is 0 Å². The van der Waals surface area contributed by atoms with Crippen LogP contribution < -0.4 is 16.0 Å². The van der Waals surface area contributed by atoms with E-state index in [2.05, 4.69) is 47.9 Å². The maximum absolute atomic E-state index is 5.99. The molecule has 3 N–H and O–H groups in total.